The first-order valence-corrected chi connectivity index (χ1v) is 10.6. The average Bonchev–Trinajstić information content (AvgIpc) is 2.97. The predicted molar refractivity (Wildman–Crippen MR) is 119 cm³/mol. The number of urea groups is 1. The van der Waals surface area contributed by atoms with Gasteiger partial charge in [-0.2, -0.15) is 5.10 Å². The summed E-state index contributed by atoms with van der Waals surface area (Å²) in [5.41, 5.74) is 5.10. The fourth-order valence-electron chi connectivity index (χ4n) is 3.58. The van der Waals surface area contributed by atoms with Crippen molar-refractivity contribution in [1.82, 2.24) is 25.3 Å². The average molecular weight is 446 g/mol. The summed E-state index contributed by atoms with van der Waals surface area (Å²) in [6.07, 6.45) is 0. The number of hydrogen-bond acceptors (Lipinski definition) is 5. The third-order valence-corrected chi connectivity index (χ3v) is 5.61. The molecular weight excluding hydrogens is 418 g/mol. The Balaban J connectivity index is 1.76. The Morgan fingerprint density at radius 3 is 2.74 bits per heavy atom. The maximum atomic E-state index is 12.3. The van der Waals surface area contributed by atoms with Crippen molar-refractivity contribution in [2.24, 2.45) is 0 Å². The first kappa shape index (κ1) is 22.8. The first-order valence-electron chi connectivity index (χ1n) is 10.2. The van der Waals surface area contributed by atoms with Crippen molar-refractivity contribution in [2.75, 3.05) is 26.7 Å². The van der Waals surface area contributed by atoms with Crippen molar-refractivity contribution in [1.29, 1.82) is 0 Å². The lowest BCUT2D eigenvalue weighted by molar-refractivity contribution is -0.138. The van der Waals surface area contributed by atoms with Crippen molar-refractivity contribution in [2.45, 2.75) is 33.9 Å². The molecule has 2 amide bonds. The number of carbonyl (C=O) groups is 2. The minimum absolute atomic E-state index is 0.154. The number of nitrogens with zero attached hydrogens (tertiary/aromatic N) is 3. The van der Waals surface area contributed by atoms with Crippen molar-refractivity contribution in [3.63, 3.8) is 0 Å². The van der Waals surface area contributed by atoms with Crippen LogP contribution >= 0.6 is 11.6 Å². The van der Waals surface area contributed by atoms with E-state index in [1.165, 1.54) is 0 Å². The highest BCUT2D eigenvalue weighted by atomic mass is 35.5. The summed E-state index contributed by atoms with van der Waals surface area (Å²) < 4.78 is 7.08. The van der Waals surface area contributed by atoms with E-state index < -0.39 is 5.97 Å². The molecule has 0 fully saturated rings. The largest absolute Gasteiger partial charge is 0.463 e. The molecule has 0 saturated carbocycles. The van der Waals surface area contributed by atoms with Crippen LogP contribution in [0.15, 0.2) is 35.5 Å². The summed E-state index contributed by atoms with van der Waals surface area (Å²) in [4.78, 5) is 26.1. The second-order valence-electron chi connectivity index (χ2n) is 7.56. The molecule has 0 saturated heterocycles. The Labute approximate surface area is 187 Å². The number of ether oxygens (including phenoxy) is 1. The van der Waals surface area contributed by atoms with Crippen LogP contribution in [0.3, 0.4) is 0 Å². The molecule has 0 unspecified atom stereocenters. The number of nitrogens with one attached hydrogen (secondary N) is 2. The highest BCUT2D eigenvalue weighted by molar-refractivity contribution is 6.31. The van der Waals surface area contributed by atoms with Crippen LogP contribution in [0.25, 0.3) is 0 Å². The van der Waals surface area contributed by atoms with E-state index in [0.29, 0.717) is 35.9 Å². The summed E-state index contributed by atoms with van der Waals surface area (Å²) in [5, 5.41) is 10.8. The van der Waals surface area contributed by atoms with Crippen LogP contribution in [0.4, 0.5) is 4.79 Å². The number of likely N-dealkylation sites (N-methyl/N-ethyl adjacent to an activating group) is 1. The Bertz CT molecular complexity index is 1010. The molecule has 3 rings (SSSR count). The Kier molecular flexibility index (Phi) is 7.35. The maximum Gasteiger partial charge on any atom is 0.337 e. The molecule has 166 valence electrons. The van der Waals surface area contributed by atoms with Gasteiger partial charge in [-0.25, -0.2) is 9.59 Å². The van der Waals surface area contributed by atoms with E-state index in [9.17, 15) is 9.59 Å². The van der Waals surface area contributed by atoms with E-state index in [4.69, 9.17) is 21.4 Å². The van der Waals surface area contributed by atoms with E-state index in [0.717, 1.165) is 22.5 Å². The van der Waals surface area contributed by atoms with Crippen LogP contribution in [-0.4, -0.2) is 53.4 Å². The number of halogens is 1. The topological polar surface area (TPSA) is 88.5 Å². The molecule has 8 nitrogen and oxygen atoms in total. The number of aromatic nitrogens is 2. The Morgan fingerprint density at radius 1 is 1.29 bits per heavy atom. The standard InChI is InChI=1S/C22H28ClN5O3/c1-5-31-21(29)17-10-24-22(30)25-20(17)13-27(4)12-18-14(2)26-28(15(18)3)11-16-8-6-7-9-19(16)23/h6-9H,5,10-13H2,1-4H3,(H2,24,25,30). The second-order valence-corrected chi connectivity index (χ2v) is 7.96. The maximum absolute atomic E-state index is 12.3. The first-order chi connectivity index (χ1) is 14.8. The number of esters is 1. The zero-order valence-electron chi connectivity index (χ0n) is 18.3. The van der Waals surface area contributed by atoms with Gasteiger partial charge in [-0.15, -0.1) is 0 Å². The number of carbonyl (C=O) groups excluding carboxylic acids is 2. The summed E-state index contributed by atoms with van der Waals surface area (Å²) in [7, 11) is 1.94. The van der Waals surface area contributed by atoms with Gasteiger partial charge in [-0.05, 0) is 39.4 Å². The second kappa shape index (κ2) is 9.98. The number of hydrogen-bond donors (Lipinski definition) is 2. The molecule has 0 aliphatic carbocycles. The molecule has 1 aromatic heterocycles. The molecule has 0 spiro atoms. The molecule has 2 heterocycles. The summed E-state index contributed by atoms with van der Waals surface area (Å²) in [6, 6.07) is 7.42. The lowest BCUT2D eigenvalue weighted by Crippen LogP contribution is -2.46. The molecule has 9 heteroatoms. The van der Waals surface area contributed by atoms with Gasteiger partial charge < -0.3 is 15.4 Å². The summed E-state index contributed by atoms with van der Waals surface area (Å²) >= 11 is 6.31. The third kappa shape index (κ3) is 5.45. The van der Waals surface area contributed by atoms with E-state index >= 15 is 0 Å². The van der Waals surface area contributed by atoms with E-state index in [1.807, 2.05) is 54.7 Å². The molecule has 2 N–H and O–H groups in total. The van der Waals surface area contributed by atoms with Crippen molar-refractivity contribution in [3.05, 3.63) is 63.1 Å². The van der Waals surface area contributed by atoms with E-state index in [-0.39, 0.29) is 19.2 Å². The minimum atomic E-state index is -0.418. The van der Waals surface area contributed by atoms with Gasteiger partial charge in [-0.3, -0.25) is 9.58 Å². The fourth-order valence-corrected chi connectivity index (χ4v) is 3.78. The molecule has 0 atom stereocenters. The summed E-state index contributed by atoms with van der Waals surface area (Å²) in [5.74, 6) is -0.418. The number of amides is 2. The molecule has 0 radical (unpaired) electrons. The quantitative estimate of drug-likeness (QED) is 0.610. The van der Waals surface area contributed by atoms with Gasteiger partial charge in [0.05, 0.1) is 31.0 Å². The highest BCUT2D eigenvalue weighted by Gasteiger charge is 2.25. The van der Waals surface area contributed by atoms with Crippen LogP contribution in [-0.2, 0) is 22.6 Å². The van der Waals surface area contributed by atoms with Crippen molar-refractivity contribution in [3.8, 4) is 0 Å². The molecule has 0 bridgehead atoms. The number of benzene rings is 1. The van der Waals surface area contributed by atoms with E-state index in [1.54, 1.807) is 6.92 Å². The van der Waals surface area contributed by atoms with Crippen LogP contribution in [0.5, 0.6) is 0 Å². The number of rotatable bonds is 8. The van der Waals surface area contributed by atoms with Gasteiger partial charge in [-0.1, -0.05) is 29.8 Å². The van der Waals surface area contributed by atoms with Crippen molar-refractivity contribution >= 4 is 23.6 Å². The van der Waals surface area contributed by atoms with Gasteiger partial charge in [0.25, 0.3) is 0 Å². The molecule has 1 aliphatic heterocycles. The molecular formula is C22H28ClN5O3. The monoisotopic (exact) mass is 445 g/mol. The summed E-state index contributed by atoms with van der Waals surface area (Å²) in [6.45, 7) is 7.81. The van der Waals surface area contributed by atoms with Crippen molar-refractivity contribution < 1.29 is 14.3 Å². The Hall–Kier alpha value is -2.84. The predicted octanol–water partition coefficient (Wildman–Crippen LogP) is 2.76. The smallest absolute Gasteiger partial charge is 0.337 e. The van der Waals surface area contributed by atoms with Gasteiger partial charge in [0, 0.05) is 35.1 Å². The minimum Gasteiger partial charge on any atom is -0.463 e. The third-order valence-electron chi connectivity index (χ3n) is 5.24. The molecule has 1 aromatic carbocycles. The van der Waals surface area contributed by atoms with Gasteiger partial charge in [0.2, 0.25) is 0 Å². The van der Waals surface area contributed by atoms with Crippen LogP contribution in [0.1, 0.15) is 29.4 Å². The molecule has 2 aromatic rings. The van der Waals surface area contributed by atoms with Crippen LogP contribution in [0, 0.1) is 13.8 Å². The van der Waals surface area contributed by atoms with Crippen LogP contribution in [0.2, 0.25) is 5.02 Å². The Morgan fingerprint density at radius 2 is 2.03 bits per heavy atom. The van der Waals surface area contributed by atoms with Gasteiger partial charge >= 0.3 is 12.0 Å². The SMILES string of the molecule is CCOC(=O)C1=C(CN(C)Cc2c(C)nn(Cc3ccccc3Cl)c2C)NC(=O)NC1. The van der Waals surface area contributed by atoms with Gasteiger partial charge in [0.1, 0.15) is 0 Å². The molecule has 1 aliphatic rings. The van der Waals surface area contributed by atoms with Gasteiger partial charge in [0.15, 0.2) is 0 Å². The lowest BCUT2D eigenvalue weighted by Gasteiger charge is -2.25. The molecule has 31 heavy (non-hydrogen) atoms. The highest BCUT2D eigenvalue weighted by Crippen LogP contribution is 2.21. The normalized spacial score (nSPS) is 13.9. The zero-order valence-corrected chi connectivity index (χ0v) is 19.0. The lowest BCUT2D eigenvalue weighted by atomic mass is 10.1. The zero-order chi connectivity index (χ0) is 22.5. The van der Waals surface area contributed by atoms with E-state index in [2.05, 4.69) is 10.6 Å². The number of aryl methyl sites for hydroxylation is 1. The van der Waals surface area contributed by atoms with Crippen LogP contribution < -0.4 is 10.6 Å². The fraction of sp³-hybridized carbons (Fsp3) is 0.409.